The van der Waals surface area contributed by atoms with E-state index in [-0.39, 0.29) is 24.0 Å². The van der Waals surface area contributed by atoms with E-state index in [0.29, 0.717) is 23.6 Å². The molecule has 1 aliphatic carbocycles. The highest BCUT2D eigenvalue weighted by Gasteiger charge is 2.40. The summed E-state index contributed by atoms with van der Waals surface area (Å²) in [5, 5.41) is 0.496. The van der Waals surface area contributed by atoms with Gasteiger partial charge in [-0.05, 0) is 36.6 Å². The van der Waals surface area contributed by atoms with Gasteiger partial charge < -0.3 is 0 Å². The Morgan fingerprint density at radius 3 is 2.54 bits per heavy atom. The number of rotatable bonds is 2. The predicted octanol–water partition coefficient (Wildman–Crippen LogP) is 5.63. The molecule has 0 fully saturated rings. The summed E-state index contributed by atoms with van der Waals surface area (Å²) in [6.45, 7) is 0. The van der Waals surface area contributed by atoms with Crippen LogP contribution < -0.4 is 4.90 Å². The van der Waals surface area contributed by atoms with E-state index in [2.05, 4.69) is 15.9 Å². The molecule has 0 spiro atoms. The number of nitrogens with zero attached hydrogens (tertiary/aromatic N) is 1. The molecule has 0 aromatic heterocycles. The molecule has 0 saturated heterocycles. The molecular weight excluding hydrogens is 414 g/mol. The summed E-state index contributed by atoms with van der Waals surface area (Å²) in [6, 6.07) is 15.3. The molecule has 2 aromatic carbocycles. The molecule has 3 nitrogen and oxygen atoms in total. The van der Waals surface area contributed by atoms with Gasteiger partial charge in [-0.15, -0.1) is 0 Å². The lowest BCUT2D eigenvalue weighted by Gasteiger charge is -2.38. The molecule has 2 aromatic rings. The van der Waals surface area contributed by atoms with Crippen LogP contribution in [0.25, 0.3) is 0 Å². The van der Waals surface area contributed by atoms with Crippen LogP contribution in [0.1, 0.15) is 37.2 Å². The SMILES string of the molecule is O=C1CCCC2=C1C(c1ccccc1)CC(=O)N2c1ccc(Br)cc1Cl. The van der Waals surface area contributed by atoms with Crippen molar-refractivity contribution in [2.24, 2.45) is 0 Å². The number of hydrogen-bond donors (Lipinski definition) is 0. The topological polar surface area (TPSA) is 37.4 Å². The number of amides is 1. The van der Waals surface area contributed by atoms with Crippen LogP contribution in [0.2, 0.25) is 5.02 Å². The molecule has 0 bridgehead atoms. The Bertz CT molecular complexity index is 923. The van der Waals surface area contributed by atoms with Crippen LogP contribution in [0, 0.1) is 0 Å². The first-order valence-corrected chi connectivity index (χ1v) is 9.82. The Kier molecular flexibility index (Phi) is 4.72. The van der Waals surface area contributed by atoms with Gasteiger partial charge in [0, 0.05) is 34.5 Å². The number of carbonyl (C=O) groups is 2. The van der Waals surface area contributed by atoms with Crippen LogP contribution in [-0.4, -0.2) is 11.7 Å². The van der Waals surface area contributed by atoms with Gasteiger partial charge in [0.1, 0.15) is 0 Å². The second-order valence-corrected chi connectivity index (χ2v) is 7.95. The number of ketones is 1. The third kappa shape index (κ3) is 3.01. The molecule has 0 N–H and O–H groups in total. The maximum absolute atomic E-state index is 13.1. The first-order valence-electron chi connectivity index (χ1n) is 8.65. The van der Waals surface area contributed by atoms with E-state index in [9.17, 15) is 9.59 Å². The summed E-state index contributed by atoms with van der Waals surface area (Å²) < 4.78 is 0.854. The van der Waals surface area contributed by atoms with Gasteiger partial charge >= 0.3 is 0 Å². The fraction of sp³-hybridized carbons (Fsp3) is 0.238. The molecule has 1 heterocycles. The summed E-state index contributed by atoms with van der Waals surface area (Å²) in [7, 11) is 0. The van der Waals surface area contributed by atoms with Crippen molar-refractivity contribution in [3.05, 3.63) is 74.9 Å². The summed E-state index contributed by atoms with van der Waals surface area (Å²) in [6.07, 6.45) is 2.29. The van der Waals surface area contributed by atoms with Crippen molar-refractivity contribution in [3.63, 3.8) is 0 Å². The molecule has 132 valence electrons. The van der Waals surface area contributed by atoms with Crippen LogP contribution in [0.5, 0.6) is 0 Å². The van der Waals surface area contributed by atoms with E-state index in [0.717, 1.165) is 27.7 Å². The second-order valence-electron chi connectivity index (χ2n) is 6.63. The van der Waals surface area contributed by atoms with E-state index >= 15 is 0 Å². The zero-order chi connectivity index (χ0) is 18.3. The van der Waals surface area contributed by atoms with E-state index in [1.54, 1.807) is 11.0 Å². The Morgan fingerprint density at radius 1 is 1.04 bits per heavy atom. The molecule has 1 aliphatic heterocycles. The molecule has 0 saturated carbocycles. The molecule has 2 aliphatic rings. The molecule has 1 amide bonds. The van der Waals surface area contributed by atoms with Crippen LogP contribution in [-0.2, 0) is 9.59 Å². The van der Waals surface area contributed by atoms with Gasteiger partial charge in [-0.25, -0.2) is 0 Å². The number of halogens is 2. The number of Topliss-reactive ketones (excluding diaryl/α,β-unsaturated/α-hetero) is 1. The standard InChI is InChI=1S/C21H17BrClNO2/c22-14-9-10-17(16(23)11-14)24-18-7-4-8-19(25)21(18)15(12-20(24)26)13-5-2-1-3-6-13/h1-3,5-6,9-11,15H,4,7-8,12H2. The summed E-state index contributed by atoms with van der Waals surface area (Å²) in [5.41, 5.74) is 3.26. The lowest BCUT2D eigenvalue weighted by molar-refractivity contribution is -0.119. The van der Waals surface area contributed by atoms with Crippen molar-refractivity contribution in [1.29, 1.82) is 0 Å². The highest BCUT2D eigenvalue weighted by Crippen LogP contribution is 2.44. The number of anilines is 1. The molecular formula is C21H17BrClNO2. The maximum atomic E-state index is 13.1. The number of hydrogen-bond acceptors (Lipinski definition) is 2. The number of carbonyl (C=O) groups excluding carboxylic acids is 2. The normalized spacial score (nSPS) is 20.4. The monoisotopic (exact) mass is 429 g/mol. The van der Waals surface area contributed by atoms with Crippen molar-refractivity contribution >= 4 is 44.9 Å². The predicted molar refractivity (Wildman–Crippen MR) is 106 cm³/mol. The van der Waals surface area contributed by atoms with Gasteiger partial charge in [-0.1, -0.05) is 57.9 Å². The van der Waals surface area contributed by atoms with Crippen molar-refractivity contribution in [2.45, 2.75) is 31.6 Å². The summed E-state index contributed by atoms with van der Waals surface area (Å²) >= 11 is 9.82. The first-order chi connectivity index (χ1) is 12.6. The number of allylic oxidation sites excluding steroid dienone is 2. The molecule has 0 radical (unpaired) electrons. The zero-order valence-corrected chi connectivity index (χ0v) is 16.4. The van der Waals surface area contributed by atoms with Gasteiger partial charge in [-0.3, -0.25) is 14.5 Å². The first kappa shape index (κ1) is 17.5. The van der Waals surface area contributed by atoms with Gasteiger partial charge in [0.05, 0.1) is 10.7 Å². The van der Waals surface area contributed by atoms with E-state index in [1.807, 2.05) is 42.5 Å². The third-order valence-electron chi connectivity index (χ3n) is 5.03. The van der Waals surface area contributed by atoms with Crippen LogP contribution >= 0.6 is 27.5 Å². The Morgan fingerprint density at radius 2 is 1.81 bits per heavy atom. The van der Waals surface area contributed by atoms with Crippen LogP contribution in [0.4, 0.5) is 5.69 Å². The highest BCUT2D eigenvalue weighted by molar-refractivity contribution is 9.10. The zero-order valence-electron chi connectivity index (χ0n) is 14.0. The van der Waals surface area contributed by atoms with Gasteiger partial charge in [0.25, 0.3) is 0 Å². The average molecular weight is 431 g/mol. The van der Waals surface area contributed by atoms with Gasteiger partial charge in [0.2, 0.25) is 5.91 Å². The number of benzene rings is 2. The molecule has 1 atom stereocenters. The lowest BCUT2D eigenvalue weighted by Crippen LogP contribution is -2.40. The minimum absolute atomic E-state index is 0.0171. The van der Waals surface area contributed by atoms with Crippen molar-refractivity contribution in [3.8, 4) is 0 Å². The van der Waals surface area contributed by atoms with Crippen LogP contribution in [0.15, 0.2) is 64.3 Å². The smallest absolute Gasteiger partial charge is 0.232 e. The Balaban J connectivity index is 1.88. The van der Waals surface area contributed by atoms with E-state index in [4.69, 9.17) is 11.6 Å². The fourth-order valence-electron chi connectivity index (χ4n) is 3.91. The third-order valence-corrected chi connectivity index (χ3v) is 5.82. The fourth-order valence-corrected chi connectivity index (χ4v) is 4.66. The quantitative estimate of drug-likeness (QED) is 0.619. The summed E-state index contributed by atoms with van der Waals surface area (Å²) in [5.74, 6) is -0.0423. The van der Waals surface area contributed by atoms with Crippen molar-refractivity contribution in [1.82, 2.24) is 0 Å². The van der Waals surface area contributed by atoms with E-state index in [1.165, 1.54) is 0 Å². The Hall–Kier alpha value is -1.91. The van der Waals surface area contributed by atoms with Crippen molar-refractivity contribution < 1.29 is 9.59 Å². The molecule has 5 heteroatoms. The molecule has 4 rings (SSSR count). The minimum atomic E-state index is -0.169. The largest absolute Gasteiger partial charge is 0.294 e. The summed E-state index contributed by atoms with van der Waals surface area (Å²) in [4.78, 5) is 27.6. The minimum Gasteiger partial charge on any atom is -0.294 e. The Labute approximate surface area is 165 Å². The van der Waals surface area contributed by atoms with Crippen molar-refractivity contribution in [2.75, 3.05) is 4.90 Å². The highest BCUT2D eigenvalue weighted by atomic mass is 79.9. The van der Waals surface area contributed by atoms with E-state index < -0.39 is 0 Å². The maximum Gasteiger partial charge on any atom is 0.232 e. The van der Waals surface area contributed by atoms with Crippen LogP contribution in [0.3, 0.4) is 0 Å². The second kappa shape index (κ2) is 7.01. The average Bonchev–Trinajstić information content (AvgIpc) is 2.63. The van der Waals surface area contributed by atoms with Gasteiger partial charge in [0.15, 0.2) is 5.78 Å². The molecule has 1 unspecified atom stereocenters. The van der Waals surface area contributed by atoms with Gasteiger partial charge in [-0.2, -0.15) is 0 Å². The lowest BCUT2D eigenvalue weighted by atomic mass is 9.77. The molecule has 26 heavy (non-hydrogen) atoms.